The van der Waals surface area contributed by atoms with Gasteiger partial charge in [0.05, 0.1) is 12.1 Å². The molecule has 0 fully saturated rings. The number of hydrogen-bond donors (Lipinski definition) is 3. The molecule has 0 unspecified atom stereocenters. The van der Waals surface area contributed by atoms with Crippen LogP contribution in [0, 0.1) is 6.92 Å². The highest BCUT2D eigenvalue weighted by Crippen LogP contribution is 2.12. The highest BCUT2D eigenvalue weighted by molar-refractivity contribution is 5.85. The van der Waals surface area contributed by atoms with Crippen molar-refractivity contribution in [2.24, 2.45) is 5.73 Å². The minimum absolute atomic E-state index is 0.00548. The number of rotatable bonds is 9. The average molecular weight is 319 g/mol. The molecule has 128 valence electrons. The van der Waals surface area contributed by atoms with E-state index >= 15 is 0 Å². The minimum Gasteiger partial charge on any atom is -0.348 e. The summed E-state index contributed by atoms with van der Waals surface area (Å²) in [5.41, 5.74) is 7.70. The second kappa shape index (κ2) is 9.30. The summed E-state index contributed by atoms with van der Waals surface area (Å²) in [6, 6.07) is 8.10. The summed E-state index contributed by atoms with van der Waals surface area (Å²) in [6.07, 6.45) is 2.59. The fraction of sp³-hybridized carbons (Fsp3) is 0.556. The molecule has 0 radical (unpaired) electrons. The normalized spacial score (nSPS) is 11.1. The van der Waals surface area contributed by atoms with E-state index in [-0.39, 0.29) is 23.9 Å². The smallest absolute Gasteiger partial charge is 0.239 e. The minimum atomic E-state index is -0.371. The van der Waals surface area contributed by atoms with E-state index in [1.54, 1.807) is 0 Å². The lowest BCUT2D eigenvalue weighted by Gasteiger charge is -2.31. The van der Waals surface area contributed by atoms with Gasteiger partial charge in [0.2, 0.25) is 11.8 Å². The van der Waals surface area contributed by atoms with Crippen LogP contribution in [0.3, 0.4) is 0 Å². The molecule has 5 heteroatoms. The van der Waals surface area contributed by atoms with Gasteiger partial charge in [-0.05, 0) is 31.7 Å². The van der Waals surface area contributed by atoms with E-state index < -0.39 is 0 Å². The molecule has 0 spiro atoms. The molecule has 0 aliphatic carbocycles. The summed E-state index contributed by atoms with van der Waals surface area (Å²) < 4.78 is 0. The van der Waals surface area contributed by atoms with E-state index in [0.29, 0.717) is 19.4 Å². The Morgan fingerprint density at radius 2 is 1.70 bits per heavy atom. The van der Waals surface area contributed by atoms with Gasteiger partial charge in [-0.1, -0.05) is 43.7 Å². The monoisotopic (exact) mass is 319 g/mol. The molecule has 0 aliphatic heterocycles. The van der Waals surface area contributed by atoms with Crippen LogP contribution in [0.25, 0.3) is 0 Å². The number of carbonyl (C=O) groups is 2. The van der Waals surface area contributed by atoms with E-state index in [9.17, 15) is 9.59 Å². The predicted octanol–water partition coefficient (Wildman–Crippen LogP) is 1.68. The predicted molar refractivity (Wildman–Crippen MR) is 93.0 cm³/mol. The van der Waals surface area contributed by atoms with Crippen LogP contribution < -0.4 is 16.4 Å². The second-order valence-corrected chi connectivity index (χ2v) is 6.00. The van der Waals surface area contributed by atoms with E-state index in [2.05, 4.69) is 10.6 Å². The van der Waals surface area contributed by atoms with Crippen molar-refractivity contribution in [3.63, 3.8) is 0 Å². The van der Waals surface area contributed by atoms with Crippen LogP contribution in [0.1, 0.15) is 44.2 Å². The Morgan fingerprint density at radius 1 is 1.09 bits per heavy atom. The highest BCUT2D eigenvalue weighted by atomic mass is 16.2. The van der Waals surface area contributed by atoms with Crippen LogP contribution in [-0.2, 0) is 16.0 Å². The molecule has 23 heavy (non-hydrogen) atoms. The van der Waals surface area contributed by atoms with Crippen LogP contribution in [-0.4, -0.2) is 30.4 Å². The van der Waals surface area contributed by atoms with Crippen LogP contribution in [0.15, 0.2) is 24.3 Å². The first-order valence-corrected chi connectivity index (χ1v) is 8.28. The molecule has 1 rings (SSSR count). The van der Waals surface area contributed by atoms with Crippen LogP contribution >= 0.6 is 0 Å². The lowest BCUT2D eigenvalue weighted by Crippen LogP contribution is -2.55. The van der Waals surface area contributed by atoms with Gasteiger partial charge in [-0.3, -0.25) is 9.59 Å². The molecule has 0 heterocycles. The third kappa shape index (κ3) is 6.40. The van der Waals surface area contributed by atoms with Crippen molar-refractivity contribution in [2.45, 2.75) is 52.0 Å². The average Bonchev–Trinajstić information content (AvgIpc) is 2.57. The number of hydrogen-bond acceptors (Lipinski definition) is 3. The zero-order valence-corrected chi connectivity index (χ0v) is 14.4. The zero-order valence-electron chi connectivity index (χ0n) is 14.4. The topological polar surface area (TPSA) is 84.2 Å². The number of aryl methyl sites for hydroxylation is 2. The molecule has 0 bridgehead atoms. The Hall–Kier alpha value is -1.88. The third-order valence-corrected chi connectivity index (χ3v) is 4.36. The van der Waals surface area contributed by atoms with Gasteiger partial charge in [-0.2, -0.15) is 0 Å². The van der Waals surface area contributed by atoms with Gasteiger partial charge in [-0.15, -0.1) is 0 Å². The standard InChI is InChI=1S/C18H29N3O2/c1-4-18(5-2,13-19)21-17(23)12-20-16(22)11-10-15-8-6-14(3)7-9-15/h6-9H,4-5,10-13,19H2,1-3H3,(H,20,22)(H,21,23). The highest BCUT2D eigenvalue weighted by Gasteiger charge is 2.26. The van der Waals surface area contributed by atoms with Crippen molar-refractivity contribution in [2.75, 3.05) is 13.1 Å². The lowest BCUT2D eigenvalue weighted by atomic mass is 9.93. The first kappa shape index (κ1) is 19.2. The molecule has 4 N–H and O–H groups in total. The Kier molecular flexibility index (Phi) is 7.75. The van der Waals surface area contributed by atoms with Crippen LogP contribution in [0.4, 0.5) is 0 Å². The summed E-state index contributed by atoms with van der Waals surface area (Å²) >= 11 is 0. The lowest BCUT2D eigenvalue weighted by molar-refractivity contribution is -0.127. The number of amides is 2. The molecule has 0 aliphatic rings. The van der Waals surface area contributed by atoms with Crippen molar-refractivity contribution in [1.29, 1.82) is 0 Å². The van der Waals surface area contributed by atoms with Crippen molar-refractivity contribution in [3.8, 4) is 0 Å². The van der Waals surface area contributed by atoms with Crippen molar-refractivity contribution in [3.05, 3.63) is 35.4 Å². The zero-order chi connectivity index (χ0) is 17.3. The van der Waals surface area contributed by atoms with Gasteiger partial charge in [0, 0.05) is 13.0 Å². The third-order valence-electron chi connectivity index (χ3n) is 4.36. The SMILES string of the molecule is CCC(CC)(CN)NC(=O)CNC(=O)CCc1ccc(C)cc1. The van der Waals surface area contributed by atoms with E-state index in [4.69, 9.17) is 5.73 Å². The first-order chi connectivity index (χ1) is 10.9. The fourth-order valence-corrected chi connectivity index (χ4v) is 2.39. The Morgan fingerprint density at radius 3 is 2.22 bits per heavy atom. The molecule has 1 aromatic carbocycles. The van der Waals surface area contributed by atoms with Crippen molar-refractivity contribution < 1.29 is 9.59 Å². The maximum absolute atomic E-state index is 12.0. The molecule has 0 saturated carbocycles. The Bertz CT molecular complexity index is 499. The van der Waals surface area contributed by atoms with E-state index in [1.165, 1.54) is 5.56 Å². The van der Waals surface area contributed by atoms with Crippen molar-refractivity contribution in [1.82, 2.24) is 10.6 Å². The van der Waals surface area contributed by atoms with E-state index in [0.717, 1.165) is 18.4 Å². The molecular weight excluding hydrogens is 290 g/mol. The molecule has 2 amide bonds. The van der Waals surface area contributed by atoms with Crippen molar-refractivity contribution >= 4 is 11.8 Å². The molecule has 1 aromatic rings. The van der Waals surface area contributed by atoms with Gasteiger partial charge < -0.3 is 16.4 Å². The molecule has 0 aromatic heterocycles. The maximum atomic E-state index is 12.0. The summed E-state index contributed by atoms with van der Waals surface area (Å²) in [7, 11) is 0. The molecule has 0 saturated heterocycles. The number of nitrogens with one attached hydrogen (secondary N) is 2. The number of benzene rings is 1. The molecule has 5 nitrogen and oxygen atoms in total. The Balaban J connectivity index is 2.35. The summed E-state index contributed by atoms with van der Waals surface area (Å²) in [4.78, 5) is 23.8. The quantitative estimate of drug-likeness (QED) is 0.647. The number of carbonyl (C=O) groups excluding carboxylic acids is 2. The largest absolute Gasteiger partial charge is 0.348 e. The van der Waals surface area contributed by atoms with Gasteiger partial charge in [-0.25, -0.2) is 0 Å². The Labute approximate surface area is 139 Å². The van der Waals surface area contributed by atoms with E-state index in [1.807, 2.05) is 45.0 Å². The summed E-state index contributed by atoms with van der Waals surface area (Å²) in [6.45, 7) is 6.41. The van der Waals surface area contributed by atoms with Gasteiger partial charge >= 0.3 is 0 Å². The van der Waals surface area contributed by atoms with Gasteiger partial charge in [0.1, 0.15) is 0 Å². The van der Waals surface area contributed by atoms with Gasteiger partial charge in [0.15, 0.2) is 0 Å². The summed E-state index contributed by atoms with van der Waals surface area (Å²) in [5.74, 6) is -0.310. The first-order valence-electron chi connectivity index (χ1n) is 8.28. The molecule has 0 atom stereocenters. The fourth-order valence-electron chi connectivity index (χ4n) is 2.39. The number of nitrogens with two attached hydrogens (primary N) is 1. The summed E-state index contributed by atoms with van der Waals surface area (Å²) in [5, 5.41) is 5.60. The second-order valence-electron chi connectivity index (χ2n) is 6.00. The van der Waals surface area contributed by atoms with Crippen LogP contribution in [0.2, 0.25) is 0 Å². The molecular formula is C18H29N3O2. The van der Waals surface area contributed by atoms with Crippen LogP contribution in [0.5, 0.6) is 0 Å². The van der Waals surface area contributed by atoms with Gasteiger partial charge in [0.25, 0.3) is 0 Å². The maximum Gasteiger partial charge on any atom is 0.239 e.